The fraction of sp³-hybridized carbons (Fsp3) is 0.731. The van der Waals surface area contributed by atoms with Crippen molar-refractivity contribution in [1.82, 2.24) is 0 Å². The molecule has 0 amide bonds. The molecule has 4 rings (SSSR count). The van der Waals surface area contributed by atoms with Crippen LogP contribution in [0.4, 0.5) is 0 Å². The van der Waals surface area contributed by atoms with Gasteiger partial charge in [0.05, 0.1) is 97.4 Å². The molecule has 0 aliphatic carbocycles. The van der Waals surface area contributed by atoms with Gasteiger partial charge in [-0.1, -0.05) is 534 Å². The highest BCUT2D eigenvalue weighted by atomic mass is 28.3. The molecule has 0 heterocycles. The minimum absolute atomic E-state index is 0.478. The van der Waals surface area contributed by atoms with Crippen LogP contribution < -0.4 is 37.9 Å². The lowest BCUT2D eigenvalue weighted by molar-refractivity contribution is 0.294. The van der Waals surface area contributed by atoms with Crippen molar-refractivity contribution in [3.63, 3.8) is 0 Å². The van der Waals surface area contributed by atoms with Gasteiger partial charge in [0, 0.05) is 48.5 Å². The average molecular weight is 2010 g/mol. The standard InChI is InChI=1S/C134H218O8Si2/c1-21-29-37-45-53-61-69-79-95-135-127-107-121(89-91-123-109-133(141-101-85-75-67-59-51-43-35-27-7)125(93-103-143(113(9)10,114(11)12)115(13)14)111-131(123)139-99-83-73-65-57-49-41-33-25-5)129(137-97-81-71-63-55-47-39-31-23-3)105-119(127)87-77-78-88-120-106-130(138-98-82-72-64-56-48-40-32-24-4)122(108-128(120)136-96-80-70-62-54-46-38-30-22-2)90-92-124-110-134(142-102-86-76-68-60-52-44-36-28-8)126(94-104-144(116(15)16,117(17)18)118(19)20)112-132(124)140-100-84-74-66-58-50-42-34-26-6/h105-118H,21-76,79-86,95-102H2,1-20H3. The SMILES string of the molecule is CCCCCCCCCCOc1cc(C#Cc2cc(OCCCCCCCCCC)c(C#C[Si](C(C)C)(C(C)C)C(C)C)cc2OCCCCCCCCCC)c(OCCCCCCCCCC)cc1C#CC#Cc1cc(OCCCCCCCCCC)c(C#Cc2cc(OCCCCCCCCCC)c(C#C[Si](C(C)C)(C(C)C)C(C)C)cc2OCCCCCCCCCC)cc1OCCCCCCCCCC. The first-order chi connectivity index (χ1) is 70.3. The molecule has 144 heavy (non-hydrogen) atoms. The molecule has 4 aromatic rings. The Labute approximate surface area is 892 Å². The van der Waals surface area contributed by atoms with E-state index in [0.717, 1.165) is 159 Å². The summed E-state index contributed by atoms with van der Waals surface area (Å²) in [6.07, 6.45) is 77.4. The smallest absolute Gasteiger partial charge is 0.146 e. The highest BCUT2D eigenvalue weighted by Crippen LogP contribution is 2.44. The zero-order valence-corrected chi connectivity index (χ0v) is 99.3. The van der Waals surface area contributed by atoms with Gasteiger partial charge in [-0.25, -0.2) is 0 Å². The molecule has 0 unspecified atom stereocenters. The van der Waals surface area contributed by atoms with Gasteiger partial charge in [0.1, 0.15) is 62.1 Å². The second kappa shape index (κ2) is 84.8. The Hall–Kier alpha value is -6.93. The topological polar surface area (TPSA) is 73.8 Å². The Bertz CT molecular complexity index is 4020. The third kappa shape index (κ3) is 55.0. The second-order valence-electron chi connectivity index (χ2n) is 44.3. The molecular formula is C134H218O8Si2. The third-order valence-electron chi connectivity index (χ3n) is 30.1. The largest absolute Gasteiger partial charge is 0.492 e. The van der Waals surface area contributed by atoms with E-state index in [1.807, 2.05) is 0 Å². The van der Waals surface area contributed by atoms with Crippen LogP contribution in [-0.4, -0.2) is 69.0 Å². The van der Waals surface area contributed by atoms with E-state index in [4.69, 9.17) is 37.9 Å². The molecule has 0 saturated carbocycles. The first-order valence-corrected chi connectivity index (χ1v) is 65.6. The van der Waals surface area contributed by atoms with Gasteiger partial charge in [0.15, 0.2) is 0 Å². The molecule has 0 aromatic heterocycles. The highest BCUT2D eigenvalue weighted by Gasteiger charge is 2.43. The fourth-order valence-electron chi connectivity index (χ4n) is 21.0. The summed E-state index contributed by atoms with van der Waals surface area (Å²) >= 11 is 0. The van der Waals surface area contributed by atoms with Crippen LogP contribution in [-0.2, 0) is 0 Å². The first kappa shape index (κ1) is 129. The number of benzene rings is 4. The Balaban J connectivity index is 2.20. The van der Waals surface area contributed by atoms with E-state index < -0.39 is 16.1 Å². The van der Waals surface area contributed by atoms with E-state index in [9.17, 15) is 0 Å². The van der Waals surface area contributed by atoms with Crippen LogP contribution in [0.5, 0.6) is 46.0 Å². The molecule has 0 N–H and O–H groups in total. The van der Waals surface area contributed by atoms with Crippen LogP contribution in [0.25, 0.3) is 0 Å². The number of ether oxygens (including phenoxy) is 8. The van der Waals surface area contributed by atoms with Crippen LogP contribution in [0.1, 0.15) is 594 Å². The summed E-state index contributed by atoms with van der Waals surface area (Å²) in [6, 6.07) is 17.0. The van der Waals surface area contributed by atoms with E-state index in [1.54, 1.807) is 0 Å². The van der Waals surface area contributed by atoms with Gasteiger partial charge in [0.2, 0.25) is 0 Å². The zero-order valence-electron chi connectivity index (χ0n) is 97.3. The van der Waals surface area contributed by atoms with Crippen molar-refractivity contribution in [1.29, 1.82) is 0 Å². The quantitative estimate of drug-likeness (QED) is 0.0246. The minimum Gasteiger partial charge on any atom is -0.492 e. The maximum Gasteiger partial charge on any atom is 0.146 e. The monoisotopic (exact) mass is 2010 g/mol. The van der Waals surface area contributed by atoms with E-state index in [1.165, 1.54) is 308 Å². The Kier molecular flexibility index (Phi) is 76.2. The number of hydrogen-bond acceptors (Lipinski definition) is 8. The summed E-state index contributed by atoms with van der Waals surface area (Å²) in [5, 5.41) is 0. The fourth-order valence-corrected chi connectivity index (χ4v) is 31.4. The van der Waals surface area contributed by atoms with Crippen molar-refractivity contribution >= 4 is 16.1 Å². The second-order valence-corrected chi connectivity index (χ2v) is 55.4. The molecule has 810 valence electrons. The number of rotatable bonds is 86. The molecule has 0 spiro atoms. The van der Waals surface area contributed by atoms with Gasteiger partial charge < -0.3 is 37.9 Å². The molecule has 0 radical (unpaired) electrons. The van der Waals surface area contributed by atoms with Crippen molar-refractivity contribution in [2.24, 2.45) is 0 Å². The van der Waals surface area contributed by atoms with E-state index in [2.05, 4.69) is 257 Å². The Morgan fingerprint density at radius 3 is 0.389 bits per heavy atom. The van der Waals surface area contributed by atoms with Gasteiger partial charge >= 0.3 is 0 Å². The van der Waals surface area contributed by atoms with Crippen molar-refractivity contribution in [3.05, 3.63) is 93.0 Å². The Morgan fingerprint density at radius 2 is 0.264 bits per heavy atom. The maximum atomic E-state index is 7.08. The van der Waals surface area contributed by atoms with Gasteiger partial charge in [-0.3, -0.25) is 0 Å². The summed E-state index contributed by atoms with van der Waals surface area (Å²) in [7, 11) is -4.31. The van der Waals surface area contributed by atoms with E-state index in [-0.39, 0.29) is 0 Å². The lowest BCUT2D eigenvalue weighted by Crippen LogP contribution is -2.43. The minimum atomic E-state index is -2.15. The summed E-state index contributed by atoms with van der Waals surface area (Å²) < 4.78 is 56.4. The normalized spacial score (nSPS) is 11.4. The molecule has 4 aromatic carbocycles. The van der Waals surface area contributed by atoms with Crippen LogP contribution in [0.15, 0.2) is 48.5 Å². The molecule has 10 heteroatoms. The summed E-state index contributed by atoms with van der Waals surface area (Å²) in [5.74, 6) is 42.5. The molecule has 0 saturated heterocycles. The first-order valence-electron chi connectivity index (χ1n) is 61.1. The van der Waals surface area contributed by atoms with Gasteiger partial charge in [-0.2, -0.15) is 0 Å². The molecule has 0 bridgehead atoms. The van der Waals surface area contributed by atoms with Crippen molar-refractivity contribution in [2.75, 3.05) is 52.9 Å². The molecule has 0 aliphatic rings. The molecule has 8 nitrogen and oxygen atoms in total. The number of unbranched alkanes of at least 4 members (excludes halogenated alkanes) is 56. The van der Waals surface area contributed by atoms with Crippen molar-refractivity contribution in [3.8, 4) is 116 Å². The van der Waals surface area contributed by atoms with Crippen LogP contribution >= 0.6 is 0 Å². The lowest BCUT2D eigenvalue weighted by Gasteiger charge is -2.38. The Morgan fingerprint density at radius 1 is 0.153 bits per heavy atom. The third-order valence-corrected chi connectivity index (χ3v) is 42.6. The predicted molar refractivity (Wildman–Crippen MR) is 632 cm³/mol. The average Bonchev–Trinajstić information content (AvgIpc) is 0.796. The maximum absolute atomic E-state index is 7.08. The predicted octanol–water partition coefficient (Wildman–Crippen LogP) is 41.2. The molecule has 0 atom stereocenters. The summed E-state index contributed by atoms with van der Waals surface area (Å²) in [5.41, 5.74) is 17.3. The van der Waals surface area contributed by atoms with Crippen molar-refractivity contribution < 1.29 is 37.9 Å². The summed E-state index contributed by atoms with van der Waals surface area (Å²) in [6.45, 7) is 51.8. The summed E-state index contributed by atoms with van der Waals surface area (Å²) in [4.78, 5) is 0. The van der Waals surface area contributed by atoms with Crippen molar-refractivity contribution in [2.45, 2.75) is 583 Å². The van der Waals surface area contributed by atoms with Gasteiger partial charge in [-0.05, 0) is 108 Å². The lowest BCUT2D eigenvalue weighted by atomic mass is 10.1. The van der Waals surface area contributed by atoms with Crippen LogP contribution in [0.2, 0.25) is 33.2 Å². The van der Waals surface area contributed by atoms with E-state index >= 15 is 0 Å². The van der Waals surface area contributed by atoms with Crippen LogP contribution in [0, 0.1) is 70.3 Å². The van der Waals surface area contributed by atoms with Crippen LogP contribution in [0.3, 0.4) is 0 Å². The molecule has 0 fully saturated rings. The van der Waals surface area contributed by atoms with Gasteiger partial charge in [-0.15, -0.1) is 11.1 Å². The zero-order chi connectivity index (χ0) is 104. The number of hydrogen-bond donors (Lipinski definition) is 0. The van der Waals surface area contributed by atoms with E-state index in [0.29, 0.717) is 120 Å². The highest BCUT2D eigenvalue weighted by molar-refractivity contribution is 6.91. The molecule has 0 aliphatic heterocycles. The van der Waals surface area contributed by atoms with Gasteiger partial charge in [0.25, 0.3) is 0 Å². The molecular weight excluding hydrogens is 1790 g/mol.